The highest BCUT2D eigenvalue weighted by Crippen LogP contribution is 2.29. The van der Waals surface area contributed by atoms with E-state index in [1.807, 2.05) is 36.4 Å². The minimum Gasteiger partial charge on any atom is -0.478 e. The number of ketones is 1. The third-order valence-electron chi connectivity index (χ3n) is 6.43. The highest BCUT2D eigenvalue weighted by Gasteiger charge is 2.19. The number of hydrogen-bond donors (Lipinski definition) is 1. The molecule has 0 atom stereocenters. The summed E-state index contributed by atoms with van der Waals surface area (Å²) in [6, 6.07) is 14.9. The van der Waals surface area contributed by atoms with Crippen LogP contribution in [0.3, 0.4) is 0 Å². The molecule has 3 aromatic heterocycles. The van der Waals surface area contributed by atoms with Gasteiger partial charge in [0.1, 0.15) is 0 Å². The first-order valence-corrected chi connectivity index (χ1v) is 12.1. The Morgan fingerprint density at radius 1 is 1.08 bits per heavy atom. The van der Waals surface area contributed by atoms with Crippen LogP contribution in [0.2, 0.25) is 0 Å². The van der Waals surface area contributed by atoms with Gasteiger partial charge in [-0.15, -0.1) is 0 Å². The van der Waals surface area contributed by atoms with Gasteiger partial charge in [0, 0.05) is 42.6 Å². The van der Waals surface area contributed by atoms with E-state index in [0.29, 0.717) is 29.5 Å². The van der Waals surface area contributed by atoms with Gasteiger partial charge < -0.3 is 14.5 Å². The quantitative estimate of drug-likeness (QED) is 0.279. The molecule has 0 bridgehead atoms. The van der Waals surface area contributed by atoms with Crippen LogP contribution in [-0.2, 0) is 4.74 Å². The average molecular weight is 482 g/mol. The first-order valence-electron chi connectivity index (χ1n) is 12.1. The number of ether oxygens (including phenoxy) is 2. The number of nitrogens with one attached hydrogen (secondary N) is 1. The van der Waals surface area contributed by atoms with Gasteiger partial charge in [-0.25, -0.2) is 4.98 Å². The maximum atomic E-state index is 13.3. The standard InChI is InChI=1S/C29H27N3O4/c33-25(8-6-21-7-9-26(31-18-21)36-17-13-20-11-15-35-16-12-20)28-27(22-4-2-1-3-5-22)23-10-14-30-19-24(23)32-29(28)34/h1-10,14,18-20H,11-13,15-17H2,(H,32,34)/b8-6+. The molecule has 1 fully saturated rings. The summed E-state index contributed by atoms with van der Waals surface area (Å²) in [5.41, 5.74) is 2.35. The summed E-state index contributed by atoms with van der Waals surface area (Å²) in [6.07, 6.45) is 11.1. The van der Waals surface area contributed by atoms with Crippen molar-refractivity contribution in [1.82, 2.24) is 15.0 Å². The molecular weight excluding hydrogens is 454 g/mol. The van der Waals surface area contributed by atoms with Crippen molar-refractivity contribution in [2.45, 2.75) is 19.3 Å². The molecule has 0 unspecified atom stereocenters. The van der Waals surface area contributed by atoms with Crippen molar-refractivity contribution in [2.75, 3.05) is 19.8 Å². The number of H-pyrrole nitrogens is 1. The molecule has 0 aliphatic carbocycles. The van der Waals surface area contributed by atoms with Crippen LogP contribution in [0.4, 0.5) is 0 Å². The summed E-state index contributed by atoms with van der Waals surface area (Å²) in [7, 11) is 0. The molecule has 7 heteroatoms. The SMILES string of the molecule is O=C(/C=C/c1ccc(OCCC2CCOCC2)nc1)c1c(-c2ccccc2)c2ccncc2[nH]c1=O. The molecule has 0 spiro atoms. The van der Waals surface area contributed by atoms with Gasteiger partial charge in [-0.05, 0) is 60.6 Å². The molecule has 182 valence electrons. The van der Waals surface area contributed by atoms with E-state index >= 15 is 0 Å². The van der Waals surface area contributed by atoms with Crippen LogP contribution in [0, 0.1) is 5.92 Å². The fraction of sp³-hybridized carbons (Fsp3) is 0.241. The van der Waals surface area contributed by atoms with Crippen LogP contribution in [-0.4, -0.2) is 40.6 Å². The number of benzene rings is 1. The lowest BCUT2D eigenvalue weighted by Crippen LogP contribution is -2.18. The Morgan fingerprint density at radius 3 is 2.69 bits per heavy atom. The second kappa shape index (κ2) is 11.1. The summed E-state index contributed by atoms with van der Waals surface area (Å²) >= 11 is 0. The zero-order valence-corrected chi connectivity index (χ0v) is 19.9. The summed E-state index contributed by atoms with van der Waals surface area (Å²) in [5, 5.41) is 0.761. The predicted molar refractivity (Wildman–Crippen MR) is 139 cm³/mol. The summed E-state index contributed by atoms with van der Waals surface area (Å²) in [5.74, 6) is 0.810. The third-order valence-corrected chi connectivity index (χ3v) is 6.43. The largest absolute Gasteiger partial charge is 0.478 e. The van der Waals surface area contributed by atoms with Crippen molar-refractivity contribution in [3.8, 4) is 17.0 Å². The van der Waals surface area contributed by atoms with Crippen LogP contribution >= 0.6 is 0 Å². The van der Waals surface area contributed by atoms with Crippen LogP contribution in [0.1, 0.15) is 35.2 Å². The Kier molecular flexibility index (Phi) is 7.28. The number of rotatable bonds is 8. The van der Waals surface area contributed by atoms with Gasteiger partial charge in [-0.2, -0.15) is 0 Å². The van der Waals surface area contributed by atoms with Crippen molar-refractivity contribution in [2.24, 2.45) is 5.92 Å². The van der Waals surface area contributed by atoms with Gasteiger partial charge >= 0.3 is 0 Å². The number of carbonyl (C=O) groups is 1. The number of pyridine rings is 3. The molecule has 5 rings (SSSR count). The Labute approximate surface area is 208 Å². The predicted octanol–water partition coefficient (Wildman–Crippen LogP) is 5.08. The van der Waals surface area contributed by atoms with E-state index in [1.165, 1.54) is 6.08 Å². The molecule has 0 saturated carbocycles. The van der Waals surface area contributed by atoms with Gasteiger partial charge in [0.2, 0.25) is 5.88 Å². The summed E-state index contributed by atoms with van der Waals surface area (Å²) < 4.78 is 11.2. The van der Waals surface area contributed by atoms with Crippen LogP contribution in [0.15, 0.2) is 78.0 Å². The molecule has 7 nitrogen and oxygen atoms in total. The minimum absolute atomic E-state index is 0.0946. The fourth-order valence-electron chi connectivity index (χ4n) is 4.48. The zero-order chi connectivity index (χ0) is 24.7. The van der Waals surface area contributed by atoms with Crippen molar-refractivity contribution in [1.29, 1.82) is 0 Å². The zero-order valence-electron chi connectivity index (χ0n) is 19.9. The fourth-order valence-corrected chi connectivity index (χ4v) is 4.48. The number of hydrogen-bond acceptors (Lipinski definition) is 6. The molecule has 1 aliphatic rings. The van der Waals surface area contributed by atoms with Crippen LogP contribution < -0.4 is 10.3 Å². The second-order valence-corrected chi connectivity index (χ2v) is 8.81. The van der Waals surface area contributed by atoms with E-state index in [0.717, 1.165) is 49.0 Å². The molecule has 1 saturated heterocycles. The van der Waals surface area contributed by atoms with E-state index < -0.39 is 5.56 Å². The Morgan fingerprint density at radius 2 is 1.92 bits per heavy atom. The van der Waals surface area contributed by atoms with Crippen LogP contribution in [0.25, 0.3) is 28.1 Å². The molecule has 4 heterocycles. The molecular formula is C29H27N3O4. The Bertz CT molecular complexity index is 1420. The van der Waals surface area contributed by atoms with E-state index in [-0.39, 0.29) is 11.3 Å². The van der Waals surface area contributed by atoms with Gasteiger partial charge in [0.05, 0.1) is 23.9 Å². The molecule has 36 heavy (non-hydrogen) atoms. The summed E-state index contributed by atoms with van der Waals surface area (Å²) in [6.45, 7) is 2.28. The molecule has 1 N–H and O–H groups in total. The van der Waals surface area contributed by atoms with Crippen molar-refractivity contribution in [3.63, 3.8) is 0 Å². The number of aromatic nitrogens is 3. The maximum Gasteiger partial charge on any atom is 0.260 e. The topological polar surface area (TPSA) is 94.2 Å². The highest BCUT2D eigenvalue weighted by molar-refractivity contribution is 6.14. The maximum absolute atomic E-state index is 13.3. The lowest BCUT2D eigenvalue weighted by molar-refractivity contribution is 0.0591. The normalized spacial score (nSPS) is 14.3. The van der Waals surface area contributed by atoms with E-state index in [9.17, 15) is 9.59 Å². The minimum atomic E-state index is -0.449. The van der Waals surface area contributed by atoms with E-state index in [2.05, 4.69) is 15.0 Å². The molecule has 1 aromatic carbocycles. The summed E-state index contributed by atoms with van der Waals surface area (Å²) in [4.78, 5) is 37.5. The monoisotopic (exact) mass is 481 g/mol. The Hall–Kier alpha value is -4.10. The van der Waals surface area contributed by atoms with Gasteiger partial charge in [-0.1, -0.05) is 30.3 Å². The van der Waals surface area contributed by atoms with Crippen molar-refractivity contribution < 1.29 is 14.3 Å². The number of carbonyl (C=O) groups excluding carboxylic acids is 1. The Balaban J connectivity index is 1.33. The molecule has 1 aliphatic heterocycles. The average Bonchev–Trinajstić information content (AvgIpc) is 2.93. The number of allylic oxidation sites excluding steroid dienone is 1. The van der Waals surface area contributed by atoms with Gasteiger partial charge in [0.25, 0.3) is 5.56 Å². The highest BCUT2D eigenvalue weighted by atomic mass is 16.5. The third kappa shape index (κ3) is 5.42. The van der Waals surface area contributed by atoms with E-state index in [1.54, 1.807) is 36.8 Å². The molecule has 0 amide bonds. The lowest BCUT2D eigenvalue weighted by Gasteiger charge is -2.21. The first-order chi connectivity index (χ1) is 17.7. The van der Waals surface area contributed by atoms with Gasteiger partial charge in [-0.3, -0.25) is 14.6 Å². The molecule has 4 aromatic rings. The molecule has 0 radical (unpaired) electrons. The smallest absolute Gasteiger partial charge is 0.260 e. The van der Waals surface area contributed by atoms with Crippen molar-refractivity contribution in [3.05, 3.63) is 94.7 Å². The van der Waals surface area contributed by atoms with E-state index in [4.69, 9.17) is 9.47 Å². The lowest BCUT2D eigenvalue weighted by atomic mass is 9.94. The second-order valence-electron chi connectivity index (χ2n) is 8.81. The van der Waals surface area contributed by atoms with Crippen LogP contribution in [0.5, 0.6) is 5.88 Å². The number of nitrogens with zero attached hydrogens (tertiary/aromatic N) is 2. The van der Waals surface area contributed by atoms with Crippen molar-refractivity contribution >= 4 is 22.8 Å². The number of fused-ring (bicyclic) bond motifs is 1. The van der Waals surface area contributed by atoms with Gasteiger partial charge in [0.15, 0.2) is 5.78 Å². The number of aromatic amines is 1. The first kappa shape index (κ1) is 23.6.